The standard InChI is InChI=1S/C11H14Cl2NO5P/c1-7(15)14(16)5-4-11(20(17,18)19)8-2-3-9(12)10(13)6-8/h2-3,6,11,16H,4-5H2,1H3,(H2,17,18,19)/p-2/t11-/m0/s1. The van der Waals surface area contributed by atoms with Crippen molar-refractivity contribution in [3.63, 3.8) is 0 Å². The van der Waals surface area contributed by atoms with Gasteiger partial charge in [-0.25, -0.2) is 5.06 Å². The molecule has 0 spiro atoms. The quantitative estimate of drug-likeness (QED) is 0.498. The van der Waals surface area contributed by atoms with Crippen LogP contribution in [0.25, 0.3) is 0 Å². The van der Waals surface area contributed by atoms with Crippen molar-refractivity contribution in [2.24, 2.45) is 0 Å². The number of benzene rings is 1. The topological polar surface area (TPSA) is 104 Å². The minimum Gasteiger partial charge on any atom is -0.810 e. The zero-order valence-electron chi connectivity index (χ0n) is 10.5. The summed E-state index contributed by atoms with van der Waals surface area (Å²) in [4.78, 5) is 33.5. The lowest BCUT2D eigenvalue weighted by molar-refractivity contribution is -0.317. The molecule has 1 aromatic carbocycles. The minimum atomic E-state index is -4.97. The molecule has 0 aromatic heterocycles. The van der Waals surface area contributed by atoms with Gasteiger partial charge in [0.05, 0.1) is 10.0 Å². The van der Waals surface area contributed by atoms with Gasteiger partial charge in [0, 0.05) is 19.1 Å². The minimum absolute atomic E-state index is 0.120. The molecule has 1 amide bonds. The highest BCUT2D eigenvalue weighted by molar-refractivity contribution is 7.49. The molecule has 0 aliphatic heterocycles. The monoisotopic (exact) mass is 339 g/mol. The van der Waals surface area contributed by atoms with E-state index in [9.17, 15) is 24.4 Å². The Labute approximate surface area is 126 Å². The van der Waals surface area contributed by atoms with Crippen LogP contribution >= 0.6 is 30.8 Å². The first kappa shape index (κ1) is 17.4. The van der Waals surface area contributed by atoms with Gasteiger partial charge in [-0.3, -0.25) is 10.0 Å². The number of halogens is 2. The van der Waals surface area contributed by atoms with Crippen LogP contribution in [0.1, 0.15) is 24.6 Å². The van der Waals surface area contributed by atoms with Crippen molar-refractivity contribution in [1.29, 1.82) is 0 Å². The second-order valence-corrected chi connectivity index (χ2v) is 6.68. The van der Waals surface area contributed by atoms with Crippen molar-refractivity contribution >= 4 is 36.7 Å². The van der Waals surface area contributed by atoms with E-state index < -0.39 is 19.2 Å². The molecule has 1 N–H and O–H groups in total. The summed E-state index contributed by atoms with van der Waals surface area (Å²) in [7, 11) is -4.97. The normalized spacial score (nSPS) is 13.1. The highest BCUT2D eigenvalue weighted by Crippen LogP contribution is 2.47. The maximum atomic E-state index is 11.3. The molecule has 0 saturated heterocycles. The van der Waals surface area contributed by atoms with Crippen LogP contribution in [0.3, 0.4) is 0 Å². The summed E-state index contributed by atoms with van der Waals surface area (Å²) < 4.78 is 11.3. The van der Waals surface area contributed by atoms with E-state index in [2.05, 4.69) is 0 Å². The largest absolute Gasteiger partial charge is 0.810 e. The highest BCUT2D eigenvalue weighted by atomic mass is 35.5. The predicted molar refractivity (Wildman–Crippen MR) is 70.6 cm³/mol. The summed E-state index contributed by atoms with van der Waals surface area (Å²) in [6.45, 7) is 0.830. The Balaban J connectivity index is 2.98. The van der Waals surface area contributed by atoms with Crippen LogP contribution in [-0.4, -0.2) is 22.7 Å². The first-order valence-corrected chi connectivity index (χ1v) is 7.93. The van der Waals surface area contributed by atoms with E-state index >= 15 is 0 Å². The molecule has 0 bridgehead atoms. The fraction of sp³-hybridized carbons (Fsp3) is 0.364. The Hall–Kier alpha value is -0.620. The molecule has 1 rings (SSSR count). The summed E-state index contributed by atoms with van der Waals surface area (Å²) in [5.74, 6) is -0.649. The number of nitrogens with zero attached hydrogens (tertiary/aromatic N) is 1. The Bertz CT molecular complexity index is 548. The Kier molecular flexibility index (Phi) is 6.01. The Morgan fingerprint density at radius 2 is 2.00 bits per heavy atom. The molecule has 1 atom stereocenters. The van der Waals surface area contributed by atoms with Crippen molar-refractivity contribution < 1.29 is 24.4 Å². The van der Waals surface area contributed by atoms with Gasteiger partial charge in [-0.1, -0.05) is 36.9 Å². The van der Waals surface area contributed by atoms with Crippen molar-refractivity contribution in [3.05, 3.63) is 33.8 Å². The Morgan fingerprint density at radius 3 is 2.45 bits per heavy atom. The lowest BCUT2D eigenvalue weighted by Gasteiger charge is -2.39. The van der Waals surface area contributed by atoms with Gasteiger partial charge in [0.2, 0.25) is 5.91 Å². The zero-order chi connectivity index (χ0) is 15.5. The number of hydroxylamine groups is 2. The lowest BCUT2D eigenvalue weighted by Crippen LogP contribution is -2.29. The van der Waals surface area contributed by atoms with Crippen LogP contribution in [0, 0.1) is 0 Å². The van der Waals surface area contributed by atoms with Crippen molar-refractivity contribution in [3.8, 4) is 0 Å². The van der Waals surface area contributed by atoms with Gasteiger partial charge >= 0.3 is 0 Å². The summed E-state index contributed by atoms with van der Waals surface area (Å²) >= 11 is 11.5. The van der Waals surface area contributed by atoms with Gasteiger partial charge in [0.1, 0.15) is 0 Å². The fourth-order valence-electron chi connectivity index (χ4n) is 1.63. The molecule has 0 heterocycles. The average Bonchev–Trinajstić information content (AvgIpc) is 2.31. The molecule has 9 heteroatoms. The van der Waals surface area contributed by atoms with Crippen LogP contribution in [-0.2, 0) is 9.36 Å². The predicted octanol–water partition coefficient (Wildman–Crippen LogP) is 1.58. The van der Waals surface area contributed by atoms with E-state index in [1.807, 2.05) is 0 Å². The summed E-state index contributed by atoms with van der Waals surface area (Å²) in [5, 5.41) is 9.93. The number of amides is 1. The van der Waals surface area contributed by atoms with E-state index in [-0.39, 0.29) is 28.6 Å². The van der Waals surface area contributed by atoms with Gasteiger partial charge in [0.25, 0.3) is 0 Å². The third-order valence-electron chi connectivity index (χ3n) is 2.69. The van der Waals surface area contributed by atoms with Gasteiger partial charge < -0.3 is 14.4 Å². The molecule has 20 heavy (non-hydrogen) atoms. The summed E-state index contributed by atoms with van der Waals surface area (Å²) in [6, 6.07) is 4.03. The second-order valence-electron chi connectivity index (χ2n) is 4.16. The number of carbonyl (C=O) groups is 1. The molecular weight excluding hydrogens is 328 g/mol. The number of hydrogen-bond acceptors (Lipinski definition) is 5. The average molecular weight is 340 g/mol. The van der Waals surface area contributed by atoms with Crippen LogP contribution < -0.4 is 9.79 Å². The van der Waals surface area contributed by atoms with Gasteiger partial charge in [0.15, 0.2) is 0 Å². The third kappa shape index (κ3) is 4.74. The zero-order valence-corrected chi connectivity index (χ0v) is 12.9. The SMILES string of the molecule is CC(=O)N(O)CC[C@@H](c1ccc(Cl)c(Cl)c1)P(=O)([O-])[O-]. The molecule has 0 aliphatic carbocycles. The summed E-state index contributed by atoms with van der Waals surface area (Å²) in [5.41, 5.74) is -1.23. The van der Waals surface area contributed by atoms with E-state index in [0.717, 1.165) is 6.92 Å². The van der Waals surface area contributed by atoms with Crippen molar-refractivity contribution in [2.45, 2.75) is 19.0 Å². The molecule has 112 valence electrons. The van der Waals surface area contributed by atoms with Crippen LogP contribution in [0.2, 0.25) is 10.0 Å². The molecular formula is C11H12Cl2NO5P-2. The lowest BCUT2D eigenvalue weighted by atomic mass is 10.1. The molecule has 0 saturated carbocycles. The number of hydrogen-bond donors (Lipinski definition) is 1. The smallest absolute Gasteiger partial charge is 0.242 e. The maximum absolute atomic E-state index is 11.3. The van der Waals surface area contributed by atoms with Crippen molar-refractivity contribution in [2.75, 3.05) is 6.54 Å². The van der Waals surface area contributed by atoms with Crippen LogP contribution in [0.5, 0.6) is 0 Å². The molecule has 0 fully saturated rings. The fourth-order valence-corrected chi connectivity index (χ4v) is 2.89. The van der Waals surface area contributed by atoms with E-state index in [1.165, 1.54) is 18.2 Å². The van der Waals surface area contributed by atoms with Crippen LogP contribution in [0.15, 0.2) is 18.2 Å². The van der Waals surface area contributed by atoms with Crippen molar-refractivity contribution in [1.82, 2.24) is 5.06 Å². The second kappa shape index (κ2) is 6.89. The summed E-state index contributed by atoms with van der Waals surface area (Å²) in [6.07, 6.45) is -0.238. The molecule has 0 aliphatic rings. The first-order chi connectivity index (χ1) is 9.12. The molecule has 1 aromatic rings. The van der Waals surface area contributed by atoms with Gasteiger partial charge in [-0.05, 0) is 24.1 Å². The molecule has 0 radical (unpaired) electrons. The third-order valence-corrected chi connectivity index (χ3v) is 4.75. The van der Waals surface area contributed by atoms with Gasteiger partial charge in [-0.15, -0.1) is 0 Å². The van der Waals surface area contributed by atoms with Crippen LogP contribution in [0.4, 0.5) is 0 Å². The Morgan fingerprint density at radius 1 is 1.40 bits per heavy atom. The van der Waals surface area contributed by atoms with E-state index in [0.29, 0.717) is 5.06 Å². The van der Waals surface area contributed by atoms with Gasteiger partial charge in [-0.2, -0.15) is 0 Å². The number of carbonyl (C=O) groups excluding carboxylic acids is 1. The molecule has 0 unspecified atom stereocenters. The van der Waals surface area contributed by atoms with E-state index in [1.54, 1.807) is 0 Å². The highest BCUT2D eigenvalue weighted by Gasteiger charge is 2.18. The number of rotatable bonds is 5. The molecule has 6 nitrogen and oxygen atoms in total. The first-order valence-electron chi connectivity index (χ1n) is 5.56. The van der Waals surface area contributed by atoms with E-state index in [4.69, 9.17) is 23.2 Å². The maximum Gasteiger partial charge on any atom is 0.242 e.